The van der Waals surface area contributed by atoms with Crippen molar-refractivity contribution < 1.29 is 49.8 Å². The molecule has 298 valence electrons. The summed E-state index contributed by atoms with van der Waals surface area (Å²) in [7, 11) is 0. The summed E-state index contributed by atoms with van der Waals surface area (Å²) in [4.78, 5) is 32.5. The van der Waals surface area contributed by atoms with Gasteiger partial charge in [-0.1, -0.05) is 61.0 Å². The summed E-state index contributed by atoms with van der Waals surface area (Å²) in [6.07, 6.45) is -8.57. The highest BCUT2D eigenvalue weighted by molar-refractivity contribution is 5.97. The molecule has 16 heteroatoms. The molecule has 1 atom stereocenters. The first-order valence-corrected chi connectivity index (χ1v) is 18.5. The molecule has 2 amide bonds. The second-order valence-electron chi connectivity index (χ2n) is 15.9. The minimum absolute atomic E-state index is 0.0887. The molecule has 0 spiro atoms. The molecule has 56 heavy (non-hydrogen) atoms. The second kappa shape index (κ2) is 14.5. The van der Waals surface area contributed by atoms with Crippen LogP contribution in [0.5, 0.6) is 0 Å². The third-order valence-electron chi connectivity index (χ3n) is 10.6. The van der Waals surface area contributed by atoms with Gasteiger partial charge in [-0.2, -0.15) is 26.3 Å². The van der Waals surface area contributed by atoms with E-state index in [2.05, 4.69) is 20.5 Å². The Balaban J connectivity index is 1.33. The highest BCUT2D eigenvalue weighted by Crippen LogP contribution is 2.65. The molecule has 0 radical (unpaired) electrons. The average Bonchev–Trinajstić information content (AvgIpc) is 3.56. The van der Waals surface area contributed by atoms with Crippen LogP contribution in [-0.4, -0.2) is 50.4 Å². The predicted molar refractivity (Wildman–Crippen MR) is 190 cm³/mol. The van der Waals surface area contributed by atoms with Crippen LogP contribution in [0.25, 0.3) is 11.6 Å². The van der Waals surface area contributed by atoms with Gasteiger partial charge in [-0.3, -0.25) is 10.1 Å². The number of aromatic nitrogens is 3. The number of ether oxygens (including phenoxy) is 2. The Morgan fingerprint density at radius 1 is 0.911 bits per heavy atom. The Hall–Kier alpha value is -4.99. The fraction of sp³-hybridized carbons (Fsp3) is 0.475. The lowest BCUT2D eigenvalue weighted by Crippen LogP contribution is -2.55. The van der Waals surface area contributed by atoms with E-state index in [-0.39, 0.29) is 37.8 Å². The number of benzene rings is 2. The third-order valence-corrected chi connectivity index (χ3v) is 10.6. The minimum atomic E-state index is -5.17. The third kappa shape index (κ3) is 7.84. The standard InChI is InChI=1S/C40H41F6N5O5/c1-36(2,3)56-35(53)47-29-18-28(39(41,42)43)30-33(52)51(22-24-12-14-27(15-13-24)37-19-26(20-37)21-37)17-9-5-8-16-38(40(44,45)46,54-23-25-10-6-4-7-11-25)34-50-49-32(55-34)31(29)48-30/h4,6-7,10-15,18,26H,5,8-9,16-17,19-23H2,1-3H3,(H,47,53)/t26?,37?,38-/m1/s1. The normalized spacial score (nSPS) is 22.8. The lowest BCUT2D eigenvalue weighted by atomic mass is 9.42. The number of carbonyl (C=O) groups excluding carboxylic acids is 2. The highest BCUT2D eigenvalue weighted by Gasteiger charge is 2.61. The molecule has 8 rings (SSSR count). The lowest BCUT2D eigenvalue weighted by molar-refractivity contribution is -0.300. The monoisotopic (exact) mass is 785 g/mol. The molecule has 10 nitrogen and oxygen atoms in total. The van der Waals surface area contributed by atoms with Crippen LogP contribution in [0.3, 0.4) is 0 Å². The number of nitrogens with one attached hydrogen (secondary N) is 1. The molecule has 3 heterocycles. The van der Waals surface area contributed by atoms with Gasteiger partial charge in [0.05, 0.1) is 17.9 Å². The molecule has 3 saturated carbocycles. The molecule has 6 bridgehead atoms. The Kier molecular flexibility index (Phi) is 10.2. The van der Waals surface area contributed by atoms with Gasteiger partial charge in [-0.15, -0.1) is 10.2 Å². The first-order chi connectivity index (χ1) is 26.4. The van der Waals surface area contributed by atoms with Crippen molar-refractivity contribution >= 4 is 17.7 Å². The van der Waals surface area contributed by atoms with Gasteiger partial charge in [0.2, 0.25) is 5.60 Å². The van der Waals surface area contributed by atoms with Crippen molar-refractivity contribution in [1.29, 1.82) is 0 Å². The van der Waals surface area contributed by atoms with Gasteiger partial charge in [0.25, 0.3) is 17.7 Å². The van der Waals surface area contributed by atoms with Crippen LogP contribution in [-0.2, 0) is 39.8 Å². The van der Waals surface area contributed by atoms with Gasteiger partial charge < -0.3 is 18.8 Å². The van der Waals surface area contributed by atoms with E-state index < -0.39 is 83.0 Å². The molecule has 1 aliphatic heterocycles. The molecular weight excluding hydrogens is 744 g/mol. The van der Waals surface area contributed by atoms with Gasteiger partial charge in [0.1, 0.15) is 11.3 Å². The fourth-order valence-electron chi connectivity index (χ4n) is 7.68. The van der Waals surface area contributed by atoms with E-state index in [1.165, 1.54) is 31.2 Å². The van der Waals surface area contributed by atoms with E-state index in [1.54, 1.807) is 30.3 Å². The molecule has 2 aromatic heterocycles. The van der Waals surface area contributed by atoms with Crippen molar-refractivity contribution in [1.82, 2.24) is 20.1 Å². The Morgan fingerprint density at radius 3 is 2.21 bits per heavy atom. The first kappa shape index (κ1) is 39.3. The minimum Gasteiger partial charge on any atom is -0.444 e. The molecule has 3 fully saturated rings. The summed E-state index contributed by atoms with van der Waals surface area (Å²) in [5.74, 6) is -2.14. The summed E-state index contributed by atoms with van der Waals surface area (Å²) in [5, 5.41) is 9.68. The van der Waals surface area contributed by atoms with E-state index in [4.69, 9.17) is 13.9 Å². The zero-order valence-electron chi connectivity index (χ0n) is 31.0. The maximum Gasteiger partial charge on any atom is 0.426 e. The van der Waals surface area contributed by atoms with Crippen LogP contribution in [0.4, 0.5) is 36.8 Å². The van der Waals surface area contributed by atoms with E-state index in [0.717, 1.165) is 25.2 Å². The number of nitrogens with zero attached hydrogens (tertiary/aromatic N) is 4. The number of fused-ring (bicyclic) bond motifs is 5. The maximum atomic E-state index is 15.3. The number of amides is 2. The molecule has 4 aromatic rings. The molecule has 2 aromatic carbocycles. The number of carbonyl (C=O) groups is 2. The smallest absolute Gasteiger partial charge is 0.426 e. The molecular formula is C40H41F6N5O5. The van der Waals surface area contributed by atoms with E-state index in [0.29, 0.717) is 17.2 Å². The second-order valence-corrected chi connectivity index (χ2v) is 15.9. The quantitative estimate of drug-likeness (QED) is 0.184. The molecule has 0 saturated heterocycles. The van der Waals surface area contributed by atoms with Crippen molar-refractivity contribution in [3.8, 4) is 11.6 Å². The summed E-state index contributed by atoms with van der Waals surface area (Å²) in [6, 6.07) is 16.3. The molecule has 4 aliphatic rings. The van der Waals surface area contributed by atoms with Crippen LogP contribution in [0, 0.1) is 5.92 Å². The van der Waals surface area contributed by atoms with Crippen LogP contribution in [0.15, 0.2) is 65.1 Å². The number of hydrogen-bond donors (Lipinski definition) is 1. The van der Waals surface area contributed by atoms with Crippen molar-refractivity contribution in [2.45, 2.75) is 108 Å². The average molecular weight is 786 g/mol. The van der Waals surface area contributed by atoms with Crippen molar-refractivity contribution in [2.24, 2.45) is 5.92 Å². The summed E-state index contributed by atoms with van der Waals surface area (Å²) < 4.78 is 107. The SMILES string of the molecule is CC(C)(C)OC(=O)Nc1cc(C(F)(F)F)c2nc1-c1nnc(o1)[C@@](OCc1ccccc1)(C(F)(F)F)CCCCCN(Cc1ccc(C34CC(C3)C4)cc1)C2=O. The van der Waals surface area contributed by atoms with Gasteiger partial charge >= 0.3 is 18.4 Å². The number of alkyl halides is 6. The predicted octanol–water partition coefficient (Wildman–Crippen LogP) is 9.74. The van der Waals surface area contributed by atoms with E-state index >= 15 is 13.2 Å². The van der Waals surface area contributed by atoms with Crippen LogP contribution < -0.4 is 5.32 Å². The summed E-state index contributed by atoms with van der Waals surface area (Å²) >= 11 is 0. The first-order valence-electron chi connectivity index (χ1n) is 18.5. The number of anilines is 1. The number of pyridine rings is 1. The van der Waals surface area contributed by atoms with Gasteiger partial charge in [0, 0.05) is 13.1 Å². The number of halogens is 6. The van der Waals surface area contributed by atoms with Crippen molar-refractivity contribution in [3.63, 3.8) is 0 Å². The van der Waals surface area contributed by atoms with E-state index in [9.17, 15) is 22.8 Å². The van der Waals surface area contributed by atoms with Gasteiger partial charge in [0.15, 0.2) is 5.69 Å². The molecule has 1 N–H and O–H groups in total. The fourth-order valence-corrected chi connectivity index (χ4v) is 7.68. The Morgan fingerprint density at radius 2 is 1.61 bits per heavy atom. The van der Waals surface area contributed by atoms with Gasteiger partial charge in [-0.25, -0.2) is 9.78 Å². The molecule has 0 unspecified atom stereocenters. The summed E-state index contributed by atoms with van der Waals surface area (Å²) in [5.41, 5.74) is -5.72. The number of hydrogen-bond acceptors (Lipinski definition) is 8. The highest BCUT2D eigenvalue weighted by atomic mass is 19.4. The van der Waals surface area contributed by atoms with Crippen LogP contribution in [0.1, 0.15) is 104 Å². The van der Waals surface area contributed by atoms with Crippen LogP contribution >= 0.6 is 0 Å². The van der Waals surface area contributed by atoms with Crippen LogP contribution in [0.2, 0.25) is 0 Å². The Bertz CT molecular complexity index is 2060. The zero-order valence-corrected chi connectivity index (χ0v) is 31.0. The largest absolute Gasteiger partial charge is 0.444 e. The van der Waals surface area contributed by atoms with E-state index in [1.807, 2.05) is 24.3 Å². The summed E-state index contributed by atoms with van der Waals surface area (Å²) in [6.45, 7) is 3.88. The van der Waals surface area contributed by atoms with Crippen molar-refractivity contribution in [2.75, 3.05) is 11.9 Å². The lowest BCUT2D eigenvalue weighted by Gasteiger charge is -2.62. The number of rotatable bonds is 7. The maximum absolute atomic E-state index is 15.3. The molecule has 3 aliphatic carbocycles. The zero-order chi connectivity index (χ0) is 40.1. The van der Waals surface area contributed by atoms with Gasteiger partial charge in [-0.05, 0) is 93.4 Å². The Labute approximate surface area is 319 Å². The van der Waals surface area contributed by atoms with Crippen molar-refractivity contribution in [3.05, 3.63) is 94.5 Å². The topological polar surface area (TPSA) is 120 Å².